The summed E-state index contributed by atoms with van der Waals surface area (Å²) in [5, 5.41) is 13.7. The maximum atomic E-state index is 11.5. The van der Waals surface area contributed by atoms with E-state index in [9.17, 15) is 14.4 Å². The fraction of sp³-hybridized carbons (Fsp3) is 0.769. The Balaban J connectivity index is 3.78. The summed E-state index contributed by atoms with van der Waals surface area (Å²) in [6.07, 6.45) is 2.60. The first-order chi connectivity index (χ1) is 9.97. The second-order valence-corrected chi connectivity index (χ2v) is 4.62. The number of carbonyl (C=O) groups excluding carboxylic acids is 2. The van der Waals surface area contributed by atoms with E-state index in [-0.39, 0.29) is 12.8 Å². The Morgan fingerprint density at radius 1 is 1.24 bits per heavy atom. The Kier molecular flexibility index (Phi) is 10.9. The van der Waals surface area contributed by atoms with Crippen molar-refractivity contribution in [3.05, 3.63) is 0 Å². The molecule has 0 fully saturated rings. The van der Waals surface area contributed by atoms with Crippen LogP contribution in [-0.4, -0.2) is 48.8 Å². The highest BCUT2D eigenvalue weighted by atomic mass is 16.5. The zero-order chi connectivity index (χ0) is 16.1. The van der Waals surface area contributed by atoms with Crippen LogP contribution in [0.25, 0.3) is 0 Å². The summed E-state index contributed by atoms with van der Waals surface area (Å²) < 4.78 is 5.32. The van der Waals surface area contributed by atoms with E-state index in [1.54, 1.807) is 0 Å². The number of hydrogen-bond acceptors (Lipinski definition) is 4. The van der Waals surface area contributed by atoms with Crippen molar-refractivity contribution in [1.29, 1.82) is 0 Å². The van der Waals surface area contributed by atoms with Crippen LogP contribution in [0.4, 0.5) is 4.79 Å². The minimum absolute atomic E-state index is 0.0295. The number of ether oxygens (including phenoxy) is 1. The van der Waals surface area contributed by atoms with Gasteiger partial charge in [-0.1, -0.05) is 13.3 Å². The summed E-state index contributed by atoms with van der Waals surface area (Å²) in [5.41, 5.74) is 4.95. The minimum atomic E-state index is -1.20. The number of nitrogens with two attached hydrogens (primary N) is 1. The van der Waals surface area contributed by atoms with Crippen molar-refractivity contribution in [3.8, 4) is 0 Å². The molecule has 0 aliphatic rings. The lowest BCUT2D eigenvalue weighted by Crippen LogP contribution is -2.46. The van der Waals surface area contributed by atoms with Crippen molar-refractivity contribution >= 4 is 17.9 Å². The smallest absolute Gasteiger partial charge is 0.326 e. The number of carboxylic acids is 1. The molecule has 0 aromatic rings. The van der Waals surface area contributed by atoms with E-state index < -0.39 is 23.9 Å². The summed E-state index contributed by atoms with van der Waals surface area (Å²) in [5.74, 6) is -1.80. The molecule has 5 N–H and O–H groups in total. The number of rotatable bonds is 12. The maximum absolute atomic E-state index is 11.5. The molecule has 0 aliphatic carbocycles. The minimum Gasteiger partial charge on any atom is -0.480 e. The molecule has 0 saturated carbocycles. The van der Waals surface area contributed by atoms with E-state index in [1.165, 1.54) is 0 Å². The van der Waals surface area contributed by atoms with Crippen LogP contribution in [0.2, 0.25) is 0 Å². The van der Waals surface area contributed by atoms with Gasteiger partial charge >= 0.3 is 12.0 Å². The fourth-order valence-electron chi connectivity index (χ4n) is 1.48. The number of urea groups is 1. The largest absolute Gasteiger partial charge is 0.480 e. The lowest BCUT2D eigenvalue weighted by atomic mass is 10.1. The zero-order valence-corrected chi connectivity index (χ0v) is 12.4. The lowest BCUT2D eigenvalue weighted by molar-refractivity contribution is -0.139. The third-order valence-corrected chi connectivity index (χ3v) is 2.68. The van der Waals surface area contributed by atoms with Gasteiger partial charge in [-0.15, -0.1) is 0 Å². The van der Waals surface area contributed by atoms with Crippen LogP contribution in [0.1, 0.15) is 39.0 Å². The van der Waals surface area contributed by atoms with E-state index in [2.05, 4.69) is 17.6 Å². The van der Waals surface area contributed by atoms with Crippen LogP contribution in [-0.2, 0) is 14.3 Å². The molecule has 0 aromatic heterocycles. The van der Waals surface area contributed by atoms with Crippen molar-refractivity contribution in [2.24, 2.45) is 5.73 Å². The van der Waals surface area contributed by atoms with Gasteiger partial charge in [0.25, 0.3) is 0 Å². The van der Waals surface area contributed by atoms with E-state index in [0.717, 1.165) is 12.8 Å². The second-order valence-electron chi connectivity index (χ2n) is 4.62. The van der Waals surface area contributed by atoms with Gasteiger partial charge < -0.3 is 26.2 Å². The predicted octanol–water partition coefficient (Wildman–Crippen LogP) is 0.211. The van der Waals surface area contributed by atoms with Crippen molar-refractivity contribution < 1.29 is 24.2 Å². The molecule has 0 aliphatic heterocycles. The lowest BCUT2D eigenvalue weighted by Gasteiger charge is -2.14. The van der Waals surface area contributed by atoms with Crippen LogP contribution >= 0.6 is 0 Å². The number of amides is 3. The highest BCUT2D eigenvalue weighted by Crippen LogP contribution is 1.97. The molecule has 0 bridgehead atoms. The number of nitrogens with one attached hydrogen (secondary N) is 2. The molecule has 8 heteroatoms. The number of carbonyl (C=O) groups is 3. The number of primary amides is 1. The molecule has 8 nitrogen and oxygen atoms in total. The van der Waals surface area contributed by atoms with Gasteiger partial charge in [0.2, 0.25) is 5.91 Å². The third kappa shape index (κ3) is 11.7. The molecule has 0 aromatic carbocycles. The van der Waals surface area contributed by atoms with Gasteiger partial charge in [-0.2, -0.15) is 0 Å². The van der Waals surface area contributed by atoms with Crippen LogP contribution in [0.15, 0.2) is 0 Å². The van der Waals surface area contributed by atoms with Crippen LogP contribution < -0.4 is 16.4 Å². The van der Waals surface area contributed by atoms with Gasteiger partial charge in [-0.3, -0.25) is 4.79 Å². The summed E-state index contributed by atoms with van der Waals surface area (Å²) in [4.78, 5) is 33.0. The van der Waals surface area contributed by atoms with Crippen LogP contribution in [0, 0.1) is 0 Å². The third-order valence-electron chi connectivity index (χ3n) is 2.68. The van der Waals surface area contributed by atoms with E-state index in [0.29, 0.717) is 26.2 Å². The summed E-state index contributed by atoms with van der Waals surface area (Å²) in [6.45, 7) is 3.72. The van der Waals surface area contributed by atoms with Crippen molar-refractivity contribution in [3.63, 3.8) is 0 Å². The van der Waals surface area contributed by atoms with Gasteiger partial charge in [0.1, 0.15) is 6.04 Å². The Hall–Kier alpha value is -1.83. The maximum Gasteiger partial charge on any atom is 0.326 e. The number of carboxylic acid groups (broad SMARTS) is 1. The number of hydrogen-bond donors (Lipinski definition) is 4. The van der Waals surface area contributed by atoms with E-state index >= 15 is 0 Å². The van der Waals surface area contributed by atoms with Crippen LogP contribution in [0.3, 0.4) is 0 Å². The first kappa shape index (κ1) is 19.2. The molecule has 122 valence electrons. The van der Waals surface area contributed by atoms with Crippen LogP contribution in [0.5, 0.6) is 0 Å². The average molecular weight is 303 g/mol. The summed E-state index contributed by atoms with van der Waals surface area (Å²) >= 11 is 0. The Morgan fingerprint density at radius 3 is 2.48 bits per heavy atom. The average Bonchev–Trinajstić information content (AvgIpc) is 2.41. The topological polar surface area (TPSA) is 131 Å². The molecule has 1 atom stereocenters. The highest BCUT2D eigenvalue weighted by Gasteiger charge is 2.20. The predicted molar refractivity (Wildman–Crippen MR) is 76.7 cm³/mol. The Labute approximate surface area is 124 Å². The molecule has 21 heavy (non-hydrogen) atoms. The van der Waals surface area contributed by atoms with E-state index in [4.69, 9.17) is 15.6 Å². The first-order valence-corrected chi connectivity index (χ1v) is 7.10. The Bertz CT molecular complexity index is 336. The summed E-state index contributed by atoms with van der Waals surface area (Å²) in [7, 11) is 0. The second kappa shape index (κ2) is 12.0. The quantitative estimate of drug-likeness (QED) is 0.383. The summed E-state index contributed by atoms with van der Waals surface area (Å²) in [6, 6.07) is -1.71. The fourth-order valence-corrected chi connectivity index (χ4v) is 1.48. The molecule has 0 rings (SSSR count). The van der Waals surface area contributed by atoms with Gasteiger partial charge in [-0.25, -0.2) is 9.59 Å². The van der Waals surface area contributed by atoms with Gasteiger partial charge in [-0.05, 0) is 19.3 Å². The zero-order valence-electron chi connectivity index (χ0n) is 12.4. The SMILES string of the molecule is CCCCOCCCNC(=O)N[C@H](CCC(N)=O)C(=O)O. The normalized spacial score (nSPS) is 11.7. The monoisotopic (exact) mass is 303 g/mol. The molecule has 0 spiro atoms. The highest BCUT2D eigenvalue weighted by molar-refractivity contribution is 5.83. The first-order valence-electron chi connectivity index (χ1n) is 7.10. The van der Waals surface area contributed by atoms with Gasteiger partial charge in [0.15, 0.2) is 0 Å². The number of aliphatic carboxylic acids is 1. The van der Waals surface area contributed by atoms with Crippen molar-refractivity contribution in [2.45, 2.75) is 45.1 Å². The molecule has 0 saturated heterocycles. The van der Waals surface area contributed by atoms with Crippen molar-refractivity contribution in [1.82, 2.24) is 10.6 Å². The molecule has 0 radical (unpaired) electrons. The van der Waals surface area contributed by atoms with E-state index in [1.807, 2.05) is 0 Å². The Morgan fingerprint density at radius 2 is 1.90 bits per heavy atom. The molecular weight excluding hydrogens is 278 g/mol. The van der Waals surface area contributed by atoms with Gasteiger partial charge in [0, 0.05) is 26.2 Å². The van der Waals surface area contributed by atoms with Crippen molar-refractivity contribution in [2.75, 3.05) is 19.8 Å². The molecule has 0 heterocycles. The molecule has 3 amide bonds. The molecule has 0 unspecified atom stereocenters. The van der Waals surface area contributed by atoms with Gasteiger partial charge in [0.05, 0.1) is 0 Å². The number of unbranched alkanes of at least 4 members (excludes halogenated alkanes) is 1. The molecular formula is C13H25N3O5. The standard InChI is InChI=1S/C13H25N3O5/c1-2-3-8-21-9-4-7-15-13(20)16-10(12(18)19)5-6-11(14)17/h10H,2-9H2,1H3,(H2,14,17)(H,18,19)(H2,15,16,20)/t10-/m1/s1.